The Bertz CT molecular complexity index is 561. The van der Waals surface area contributed by atoms with Crippen LogP contribution in [-0.4, -0.2) is 17.9 Å². The molecule has 2 rings (SSSR count). The molecular formula is C13H14BrNOS2. The molecule has 0 N–H and O–H groups in total. The van der Waals surface area contributed by atoms with Gasteiger partial charge in [0.05, 0.1) is 15.4 Å². The monoisotopic (exact) mass is 343 g/mol. The summed E-state index contributed by atoms with van der Waals surface area (Å²) in [5, 5.41) is 1.88. The second-order valence-electron chi connectivity index (χ2n) is 4.18. The second kappa shape index (κ2) is 5.55. The number of rotatable bonds is 3. The Morgan fingerprint density at radius 3 is 2.67 bits per heavy atom. The first-order chi connectivity index (χ1) is 8.49. The highest BCUT2D eigenvalue weighted by Gasteiger charge is 2.20. The van der Waals surface area contributed by atoms with Gasteiger partial charge in [-0.25, -0.2) is 0 Å². The van der Waals surface area contributed by atoms with E-state index in [0.717, 1.165) is 9.35 Å². The fraction of sp³-hybridized carbons (Fsp3) is 0.308. The lowest BCUT2D eigenvalue weighted by atomic mass is 10.2. The van der Waals surface area contributed by atoms with E-state index in [9.17, 15) is 4.79 Å². The largest absolute Gasteiger partial charge is 0.334 e. The van der Waals surface area contributed by atoms with Crippen LogP contribution >= 0.6 is 38.6 Å². The molecule has 2 nitrogen and oxygen atoms in total. The first-order valence-corrected chi connectivity index (χ1v) is 8.05. The molecule has 1 atom stereocenters. The fourth-order valence-corrected chi connectivity index (χ4v) is 3.77. The molecule has 0 saturated carbocycles. The number of hydrogen-bond acceptors (Lipinski definition) is 3. The second-order valence-corrected chi connectivity index (χ2v) is 7.79. The van der Waals surface area contributed by atoms with Gasteiger partial charge in [-0.2, -0.15) is 0 Å². The number of aryl methyl sites for hydroxylation is 1. The van der Waals surface area contributed by atoms with E-state index >= 15 is 0 Å². The summed E-state index contributed by atoms with van der Waals surface area (Å²) in [6.07, 6.45) is 0. The van der Waals surface area contributed by atoms with Crippen molar-refractivity contribution in [3.05, 3.63) is 42.7 Å². The molecule has 18 heavy (non-hydrogen) atoms. The molecule has 0 radical (unpaired) electrons. The van der Waals surface area contributed by atoms with E-state index in [1.54, 1.807) is 16.2 Å². The van der Waals surface area contributed by atoms with Crippen LogP contribution in [0.5, 0.6) is 0 Å². The van der Waals surface area contributed by atoms with E-state index in [2.05, 4.69) is 41.9 Å². The lowest BCUT2D eigenvalue weighted by Crippen LogP contribution is -2.28. The number of amides is 1. The van der Waals surface area contributed by atoms with Crippen molar-refractivity contribution in [1.82, 2.24) is 4.90 Å². The Kier molecular flexibility index (Phi) is 4.25. The van der Waals surface area contributed by atoms with Gasteiger partial charge in [-0.3, -0.25) is 4.79 Å². The van der Waals surface area contributed by atoms with Crippen LogP contribution in [0.3, 0.4) is 0 Å². The maximum atomic E-state index is 12.3. The minimum atomic E-state index is 0.0653. The molecule has 0 fully saturated rings. The maximum Gasteiger partial charge on any atom is 0.255 e. The van der Waals surface area contributed by atoms with Gasteiger partial charge in [0.2, 0.25) is 0 Å². The maximum absolute atomic E-state index is 12.3. The van der Waals surface area contributed by atoms with Gasteiger partial charge in [0.15, 0.2) is 0 Å². The summed E-state index contributed by atoms with van der Waals surface area (Å²) in [7, 11) is 1.85. The number of thiophene rings is 2. The van der Waals surface area contributed by atoms with Gasteiger partial charge in [-0.1, -0.05) is 0 Å². The number of carbonyl (C=O) groups is 1. The molecule has 2 aromatic heterocycles. The summed E-state index contributed by atoms with van der Waals surface area (Å²) in [5.41, 5.74) is 0.745. The third-order valence-corrected chi connectivity index (χ3v) is 5.56. The average Bonchev–Trinajstić information content (AvgIpc) is 2.95. The lowest BCUT2D eigenvalue weighted by molar-refractivity contribution is 0.0745. The van der Waals surface area contributed by atoms with Gasteiger partial charge in [0, 0.05) is 22.2 Å². The van der Waals surface area contributed by atoms with Gasteiger partial charge in [-0.15, -0.1) is 22.7 Å². The van der Waals surface area contributed by atoms with Gasteiger partial charge < -0.3 is 4.90 Å². The Morgan fingerprint density at radius 2 is 2.17 bits per heavy atom. The van der Waals surface area contributed by atoms with Crippen molar-refractivity contribution in [2.45, 2.75) is 19.9 Å². The van der Waals surface area contributed by atoms with E-state index in [0.29, 0.717) is 0 Å². The van der Waals surface area contributed by atoms with Crippen LogP contribution in [-0.2, 0) is 0 Å². The summed E-state index contributed by atoms with van der Waals surface area (Å²) in [5.74, 6) is 0.0653. The molecular weight excluding hydrogens is 330 g/mol. The number of carbonyl (C=O) groups excluding carboxylic acids is 1. The molecule has 1 unspecified atom stereocenters. The van der Waals surface area contributed by atoms with Gasteiger partial charge >= 0.3 is 0 Å². The minimum absolute atomic E-state index is 0.0653. The highest BCUT2D eigenvalue weighted by molar-refractivity contribution is 9.11. The smallest absolute Gasteiger partial charge is 0.255 e. The molecule has 96 valence electrons. The van der Waals surface area contributed by atoms with Crippen LogP contribution in [0.1, 0.15) is 33.1 Å². The molecule has 1 amide bonds. The van der Waals surface area contributed by atoms with Crippen LogP contribution in [0.2, 0.25) is 0 Å². The van der Waals surface area contributed by atoms with Crippen molar-refractivity contribution < 1.29 is 4.79 Å². The Balaban J connectivity index is 2.16. The van der Waals surface area contributed by atoms with E-state index < -0.39 is 0 Å². The highest BCUT2D eigenvalue weighted by Crippen LogP contribution is 2.28. The van der Waals surface area contributed by atoms with Gasteiger partial charge in [0.25, 0.3) is 5.91 Å². The van der Waals surface area contributed by atoms with Crippen molar-refractivity contribution in [2.24, 2.45) is 0 Å². The molecule has 5 heteroatoms. The van der Waals surface area contributed by atoms with Crippen molar-refractivity contribution in [3.63, 3.8) is 0 Å². The molecule has 0 aliphatic rings. The van der Waals surface area contributed by atoms with E-state index in [1.165, 1.54) is 21.1 Å². The predicted molar refractivity (Wildman–Crippen MR) is 81.6 cm³/mol. The fourth-order valence-electron chi connectivity index (χ4n) is 1.67. The summed E-state index contributed by atoms with van der Waals surface area (Å²) in [6, 6.07) is 6.17. The molecule has 2 heterocycles. The Hall–Kier alpha value is -0.650. The average molecular weight is 344 g/mol. The van der Waals surface area contributed by atoms with Crippen LogP contribution in [0, 0.1) is 6.92 Å². The number of hydrogen-bond donors (Lipinski definition) is 0. The van der Waals surface area contributed by atoms with Crippen LogP contribution < -0.4 is 0 Å². The summed E-state index contributed by atoms with van der Waals surface area (Å²) in [4.78, 5) is 16.6. The zero-order chi connectivity index (χ0) is 13.3. The topological polar surface area (TPSA) is 20.3 Å². The SMILES string of the molecule is Cc1ccc(C(C)N(C)C(=O)c2csc(Br)c2)s1. The summed E-state index contributed by atoms with van der Waals surface area (Å²) >= 11 is 6.66. The zero-order valence-corrected chi connectivity index (χ0v) is 13.7. The number of nitrogens with zero attached hydrogens (tertiary/aromatic N) is 1. The van der Waals surface area contributed by atoms with Crippen LogP contribution in [0.25, 0.3) is 0 Å². The van der Waals surface area contributed by atoms with Gasteiger partial charge in [0.1, 0.15) is 0 Å². The molecule has 0 spiro atoms. The van der Waals surface area contributed by atoms with Gasteiger partial charge in [-0.05, 0) is 48.0 Å². The zero-order valence-electron chi connectivity index (χ0n) is 10.4. The van der Waals surface area contributed by atoms with Crippen molar-refractivity contribution in [3.8, 4) is 0 Å². The Labute approximate surface area is 123 Å². The summed E-state index contributed by atoms with van der Waals surface area (Å²) < 4.78 is 0.985. The highest BCUT2D eigenvalue weighted by atomic mass is 79.9. The summed E-state index contributed by atoms with van der Waals surface area (Å²) in [6.45, 7) is 4.14. The minimum Gasteiger partial charge on any atom is -0.334 e. The van der Waals surface area contributed by atoms with E-state index in [4.69, 9.17) is 0 Å². The molecule has 0 aliphatic heterocycles. The first kappa shape index (κ1) is 13.8. The molecule has 2 aromatic rings. The van der Waals surface area contributed by atoms with Crippen LogP contribution in [0.15, 0.2) is 27.4 Å². The van der Waals surface area contributed by atoms with Crippen LogP contribution in [0.4, 0.5) is 0 Å². The molecule has 0 aromatic carbocycles. The molecule has 0 bridgehead atoms. The standard InChI is InChI=1S/C13H14BrNOS2/c1-8-4-5-11(18-8)9(2)15(3)13(16)10-6-12(14)17-7-10/h4-7,9H,1-3H3. The molecule has 0 aliphatic carbocycles. The third-order valence-electron chi connectivity index (χ3n) is 2.89. The predicted octanol–water partition coefficient (Wildman–Crippen LogP) is 4.71. The number of halogens is 1. The van der Waals surface area contributed by atoms with E-state index in [1.807, 2.05) is 18.5 Å². The third kappa shape index (κ3) is 2.84. The van der Waals surface area contributed by atoms with Crippen molar-refractivity contribution in [1.29, 1.82) is 0 Å². The van der Waals surface area contributed by atoms with Crippen molar-refractivity contribution in [2.75, 3.05) is 7.05 Å². The first-order valence-electron chi connectivity index (χ1n) is 5.56. The normalized spacial score (nSPS) is 12.4. The Morgan fingerprint density at radius 1 is 1.44 bits per heavy atom. The van der Waals surface area contributed by atoms with E-state index in [-0.39, 0.29) is 11.9 Å². The molecule has 0 saturated heterocycles. The van der Waals surface area contributed by atoms with Crippen molar-refractivity contribution >= 4 is 44.5 Å². The quantitative estimate of drug-likeness (QED) is 0.789. The lowest BCUT2D eigenvalue weighted by Gasteiger charge is -2.23.